The highest BCUT2D eigenvalue weighted by atomic mass is 16.2. The number of rotatable bonds is 4. The van der Waals surface area contributed by atoms with Gasteiger partial charge < -0.3 is 0 Å². The summed E-state index contributed by atoms with van der Waals surface area (Å²) in [6.45, 7) is 0. The lowest BCUT2D eigenvalue weighted by Crippen LogP contribution is -2.54. The molecule has 0 radical (unpaired) electrons. The number of nitrogens with one attached hydrogen (secondary N) is 1. The lowest BCUT2D eigenvalue weighted by Gasteiger charge is -2.52. The Balaban J connectivity index is 1.42. The Labute approximate surface area is 218 Å². The Morgan fingerprint density at radius 1 is 0.842 bits per heavy atom. The second-order valence-corrected chi connectivity index (χ2v) is 9.81. The van der Waals surface area contributed by atoms with Crippen LogP contribution in [0.4, 0.5) is 5.69 Å². The van der Waals surface area contributed by atoms with E-state index in [-0.39, 0.29) is 17.7 Å². The van der Waals surface area contributed by atoms with Gasteiger partial charge in [-0.15, -0.1) is 0 Å². The van der Waals surface area contributed by atoms with Crippen LogP contribution < -0.4 is 10.3 Å². The average Bonchev–Trinajstić information content (AvgIpc) is 3.24. The van der Waals surface area contributed by atoms with Crippen molar-refractivity contribution in [1.82, 2.24) is 10.4 Å². The van der Waals surface area contributed by atoms with Crippen LogP contribution in [-0.4, -0.2) is 28.9 Å². The third kappa shape index (κ3) is 2.93. The molecule has 4 aromatic rings. The van der Waals surface area contributed by atoms with Gasteiger partial charge in [0.05, 0.1) is 28.5 Å². The van der Waals surface area contributed by atoms with Crippen LogP contribution in [0.1, 0.15) is 38.5 Å². The van der Waals surface area contributed by atoms with Gasteiger partial charge in [0.15, 0.2) is 0 Å². The van der Waals surface area contributed by atoms with Crippen LogP contribution in [0.3, 0.4) is 0 Å². The van der Waals surface area contributed by atoms with Gasteiger partial charge >= 0.3 is 0 Å². The molecule has 1 saturated heterocycles. The number of aromatic nitrogens is 1. The standard InChI is InChI=1S/C31H22N4O3/c36-28(19-9-8-16-32-17-19)34-33-18-31-23-14-6-4-12-21(23)25(22-13-5-7-15-24(22)31)26-27(31)30(38)35(29(26)37)20-10-2-1-3-11-20/h1-18,25-27H,(H,34,36)/b33-18-/t25?,26-,27+,31?/m0/s1. The first kappa shape index (κ1) is 22.3. The molecule has 2 atom stereocenters. The Morgan fingerprint density at radius 3 is 2.16 bits per heavy atom. The molecular weight excluding hydrogens is 476 g/mol. The summed E-state index contributed by atoms with van der Waals surface area (Å²) in [7, 11) is 0. The zero-order valence-corrected chi connectivity index (χ0v) is 20.2. The smallest absolute Gasteiger partial charge is 0.272 e. The highest BCUT2D eigenvalue weighted by molar-refractivity contribution is 6.25. The summed E-state index contributed by atoms with van der Waals surface area (Å²) < 4.78 is 0. The van der Waals surface area contributed by atoms with Crippen LogP contribution in [-0.2, 0) is 15.0 Å². The number of amides is 3. The van der Waals surface area contributed by atoms with Crippen molar-refractivity contribution in [3.05, 3.63) is 131 Å². The molecule has 1 aliphatic heterocycles. The Morgan fingerprint density at radius 2 is 1.50 bits per heavy atom. The van der Waals surface area contributed by atoms with Crippen LogP contribution in [0.15, 0.2) is 108 Å². The molecule has 8 rings (SSSR count). The summed E-state index contributed by atoms with van der Waals surface area (Å²) in [4.78, 5) is 46.4. The fraction of sp³-hybridized carbons (Fsp3) is 0.129. The van der Waals surface area contributed by atoms with E-state index < -0.39 is 23.2 Å². The summed E-state index contributed by atoms with van der Waals surface area (Å²) in [5.41, 5.74) is 6.38. The number of imide groups is 1. The van der Waals surface area contributed by atoms with Crippen molar-refractivity contribution in [3.8, 4) is 0 Å². The largest absolute Gasteiger partial charge is 0.274 e. The summed E-state index contributed by atoms with van der Waals surface area (Å²) in [5, 5.41) is 4.42. The molecule has 1 aromatic heterocycles. The van der Waals surface area contributed by atoms with E-state index in [9.17, 15) is 14.4 Å². The molecule has 1 fully saturated rings. The highest BCUT2D eigenvalue weighted by Gasteiger charge is 2.68. The molecular formula is C31H22N4O3. The van der Waals surface area contributed by atoms with Crippen LogP contribution in [0.2, 0.25) is 0 Å². The molecule has 1 N–H and O–H groups in total. The Kier molecular flexibility index (Phi) is 4.88. The van der Waals surface area contributed by atoms with Crippen LogP contribution in [0.25, 0.3) is 0 Å². The number of hydrazone groups is 1. The van der Waals surface area contributed by atoms with E-state index in [0.29, 0.717) is 11.3 Å². The third-order valence-corrected chi connectivity index (χ3v) is 8.06. The monoisotopic (exact) mass is 498 g/mol. The predicted molar refractivity (Wildman–Crippen MR) is 142 cm³/mol. The fourth-order valence-corrected chi connectivity index (χ4v) is 6.64. The van der Waals surface area contributed by atoms with E-state index in [1.54, 1.807) is 36.7 Å². The van der Waals surface area contributed by atoms with Gasteiger partial charge in [-0.3, -0.25) is 19.4 Å². The van der Waals surface area contributed by atoms with Crippen molar-refractivity contribution in [1.29, 1.82) is 0 Å². The summed E-state index contributed by atoms with van der Waals surface area (Å²) in [6, 6.07) is 28.3. The van der Waals surface area contributed by atoms with Gasteiger partial charge in [-0.25, -0.2) is 10.3 Å². The topological polar surface area (TPSA) is 91.7 Å². The van der Waals surface area contributed by atoms with E-state index in [4.69, 9.17) is 0 Å². The molecule has 2 bridgehead atoms. The molecule has 0 spiro atoms. The normalized spacial score (nSPS) is 24.7. The molecule has 0 saturated carbocycles. The Bertz CT molecular complexity index is 1590. The van der Waals surface area contributed by atoms with E-state index in [2.05, 4.69) is 15.5 Å². The second-order valence-electron chi connectivity index (χ2n) is 9.81. The number of carbonyl (C=O) groups is 3. The predicted octanol–water partition coefficient (Wildman–Crippen LogP) is 4.05. The van der Waals surface area contributed by atoms with Crippen molar-refractivity contribution in [2.45, 2.75) is 11.3 Å². The molecule has 2 heterocycles. The minimum Gasteiger partial charge on any atom is -0.274 e. The summed E-state index contributed by atoms with van der Waals surface area (Å²) in [6.07, 6.45) is 4.72. The van der Waals surface area contributed by atoms with Crippen molar-refractivity contribution in [2.75, 3.05) is 4.90 Å². The van der Waals surface area contributed by atoms with Gasteiger partial charge in [0.2, 0.25) is 11.8 Å². The van der Waals surface area contributed by atoms with E-state index in [1.807, 2.05) is 66.7 Å². The molecule has 184 valence electrons. The number of para-hydroxylation sites is 1. The second kappa shape index (κ2) is 8.31. The number of anilines is 1. The molecule has 3 amide bonds. The lowest BCUT2D eigenvalue weighted by atomic mass is 9.47. The van der Waals surface area contributed by atoms with Gasteiger partial charge in [0.25, 0.3) is 5.91 Å². The molecule has 3 aliphatic carbocycles. The Hall–Kier alpha value is -4.91. The number of carbonyl (C=O) groups excluding carboxylic acids is 3. The quantitative estimate of drug-likeness (QED) is 0.261. The first-order valence-corrected chi connectivity index (χ1v) is 12.5. The maximum absolute atomic E-state index is 14.2. The summed E-state index contributed by atoms with van der Waals surface area (Å²) >= 11 is 0. The molecule has 38 heavy (non-hydrogen) atoms. The van der Waals surface area contributed by atoms with Gasteiger partial charge in [-0.05, 0) is 46.5 Å². The van der Waals surface area contributed by atoms with E-state index in [0.717, 1.165) is 22.3 Å². The fourth-order valence-electron chi connectivity index (χ4n) is 6.64. The number of nitrogens with zero attached hydrogens (tertiary/aromatic N) is 3. The molecule has 4 aliphatic rings. The SMILES string of the molecule is O=C(N/N=C\C12c3ccccc3C(c3ccccc31)[C@@H]1C(=O)N(c3ccccc3)C(=O)[C@@H]12)c1cccnc1. The molecule has 7 heteroatoms. The van der Waals surface area contributed by atoms with Gasteiger partial charge in [-0.1, -0.05) is 66.7 Å². The maximum atomic E-state index is 14.2. The van der Waals surface area contributed by atoms with Crippen LogP contribution in [0, 0.1) is 11.8 Å². The number of hydrogen-bond acceptors (Lipinski definition) is 5. The number of pyridine rings is 1. The van der Waals surface area contributed by atoms with Crippen molar-refractivity contribution in [2.24, 2.45) is 16.9 Å². The van der Waals surface area contributed by atoms with Crippen molar-refractivity contribution >= 4 is 29.6 Å². The van der Waals surface area contributed by atoms with Crippen molar-refractivity contribution < 1.29 is 14.4 Å². The average molecular weight is 499 g/mol. The van der Waals surface area contributed by atoms with E-state index in [1.165, 1.54) is 11.1 Å². The minimum absolute atomic E-state index is 0.211. The number of benzene rings is 3. The van der Waals surface area contributed by atoms with Gasteiger partial charge in [0, 0.05) is 24.5 Å². The van der Waals surface area contributed by atoms with Crippen LogP contribution in [0.5, 0.6) is 0 Å². The van der Waals surface area contributed by atoms with Gasteiger partial charge in [0.1, 0.15) is 0 Å². The van der Waals surface area contributed by atoms with Crippen LogP contribution >= 0.6 is 0 Å². The third-order valence-electron chi connectivity index (χ3n) is 8.06. The van der Waals surface area contributed by atoms with Gasteiger partial charge in [-0.2, -0.15) is 5.10 Å². The summed E-state index contributed by atoms with van der Waals surface area (Å²) in [5.74, 6) is -2.43. The molecule has 3 aromatic carbocycles. The molecule has 0 unspecified atom stereocenters. The van der Waals surface area contributed by atoms with Crippen molar-refractivity contribution in [3.63, 3.8) is 0 Å². The first-order valence-electron chi connectivity index (χ1n) is 12.5. The zero-order valence-electron chi connectivity index (χ0n) is 20.2. The first-order chi connectivity index (χ1) is 18.6. The lowest BCUT2D eigenvalue weighted by molar-refractivity contribution is -0.122. The van der Waals surface area contributed by atoms with E-state index >= 15 is 0 Å². The highest BCUT2D eigenvalue weighted by Crippen LogP contribution is 2.63. The maximum Gasteiger partial charge on any atom is 0.272 e. The number of hydrogen-bond donors (Lipinski definition) is 1. The zero-order chi connectivity index (χ0) is 25.9. The molecule has 7 nitrogen and oxygen atoms in total. The minimum atomic E-state index is -1.04.